The summed E-state index contributed by atoms with van der Waals surface area (Å²) in [6, 6.07) is 4.80. The summed E-state index contributed by atoms with van der Waals surface area (Å²) in [6.07, 6.45) is 0.195. The minimum atomic E-state index is -0.404. The predicted octanol–water partition coefficient (Wildman–Crippen LogP) is 1.10. The molecular weight excluding hydrogens is 396 g/mol. The minimum Gasteiger partial charge on any atom is -0.392 e. The quantitative estimate of drug-likeness (QED) is 0.521. The molecule has 29 heavy (non-hydrogen) atoms. The number of rotatable bonds is 9. The Bertz CT molecular complexity index is 866. The molecule has 1 aliphatic heterocycles. The highest BCUT2D eigenvalue weighted by Gasteiger charge is 2.29. The van der Waals surface area contributed by atoms with Gasteiger partial charge in [-0.15, -0.1) is 11.3 Å². The van der Waals surface area contributed by atoms with Crippen LogP contribution in [0.25, 0.3) is 0 Å². The van der Waals surface area contributed by atoms with E-state index in [1.165, 1.54) is 11.3 Å². The summed E-state index contributed by atoms with van der Waals surface area (Å²) in [5.41, 5.74) is 1.46. The molecule has 0 unspecified atom stereocenters. The summed E-state index contributed by atoms with van der Waals surface area (Å²) >= 11 is 1.39. The molecular formula is C19H24N4O5S. The highest BCUT2D eigenvalue weighted by Crippen LogP contribution is 2.27. The van der Waals surface area contributed by atoms with Crippen molar-refractivity contribution >= 4 is 34.0 Å². The van der Waals surface area contributed by atoms with E-state index in [0.717, 1.165) is 18.2 Å². The van der Waals surface area contributed by atoms with Crippen molar-refractivity contribution in [1.29, 1.82) is 0 Å². The number of carbonyl (C=O) groups excluding carboxylic acids is 2. The number of hydrogen-bond acceptors (Lipinski definition) is 8. The van der Waals surface area contributed by atoms with Gasteiger partial charge >= 0.3 is 0 Å². The number of thiazole rings is 1. The van der Waals surface area contributed by atoms with Crippen LogP contribution < -0.4 is 15.5 Å². The number of anilines is 2. The molecule has 0 saturated carbocycles. The third-order valence-electron chi connectivity index (χ3n) is 4.53. The van der Waals surface area contributed by atoms with Crippen LogP contribution in [-0.4, -0.2) is 68.5 Å². The number of aliphatic hydroxyl groups is 1. The molecule has 0 aliphatic carbocycles. The van der Waals surface area contributed by atoms with Crippen LogP contribution in [0.15, 0.2) is 23.6 Å². The lowest BCUT2D eigenvalue weighted by molar-refractivity contribution is 0.0787. The first-order valence-electron chi connectivity index (χ1n) is 9.11. The second kappa shape index (κ2) is 9.79. The van der Waals surface area contributed by atoms with Gasteiger partial charge in [-0.2, -0.15) is 0 Å². The van der Waals surface area contributed by atoms with Gasteiger partial charge in [0.15, 0.2) is 5.13 Å². The van der Waals surface area contributed by atoms with Crippen molar-refractivity contribution in [1.82, 2.24) is 10.3 Å². The van der Waals surface area contributed by atoms with Gasteiger partial charge in [0.05, 0.1) is 30.6 Å². The Kier molecular flexibility index (Phi) is 7.15. The van der Waals surface area contributed by atoms with E-state index >= 15 is 0 Å². The molecule has 1 saturated heterocycles. The summed E-state index contributed by atoms with van der Waals surface area (Å²) in [6.45, 7) is 1.99. The lowest BCUT2D eigenvalue weighted by atomic mass is 10.1. The molecule has 2 aromatic rings. The van der Waals surface area contributed by atoms with Crippen LogP contribution in [0.4, 0.5) is 10.8 Å². The fourth-order valence-electron chi connectivity index (χ4n) is 2.79. The Labute approximate surface area is 172 Å². The van der Waals surface area contributed by atoms with Gasteiger partial charge in [0.2, 0.25) is 0 Å². The van der Waals surface area contributed by atoms with Crippen LogP contribution in [-0.2, 0) is 16.1 Å². The smallest absolute Gasteiger partial charge is 0.275 e. The van der Waals surface area contributed by atoms with Crippen molar-refractivity contribution in [3.8, 4) is 0 Å². The van der Waals surface area contributed by atoms with E-state index in [0.29, 0.717) is 24.4 Å². The number of aliphatic hydroxyl groups excluding tert-OH is 1. The number of aromatic nitrogens is 1. The van der Waals surface area contributed by atoms with Crippen LogP contribution in [0.1, 0.15) is 26.4 Å². The maximum absolute atomic E-state index is 12.7. The molecule has 156 valence electrons. The van der Waals surface area contributed by atoms with E-state index in [1.54, 1.807) is 37.8 Å². The summed E-state index contributed by atoms with van der Waals surface area (Å²) in [4.78, 5) is 31.6. The monoisotopic (exact) mass is 420 g/mol. The van der Waals surface area contributed by atoms with E-state index in [1.807, 2.05) is 4.90 Å². The van der Waals surface area contributed by atoms with Crippen molar-refractivity contribution in [3.63, 3.8) is 0 Å². The molecule has 10 heteroatoms. The number of carbonyl (C=O) groups is 2. The van der Waals surface area contributed by atoms with E-state index in [2.05, 4.69) is 15.6 Å². The van der Waals surface area contributed by atoms with Gasteiger partial charge in [-0.1, -0.05) is 6.07 Å². The Morgan fingerprint density at radius 3 is 2.79 bits per heavy atom. The number of ether oxygens (including phenoxy) is 2. The first-order valence-corrected chi connectivity index (χ1v) is 9.99. The third-order valence-corrected chi connectivity index (χ3v) is 5.43. The lowest BCUT2D eigenvalue weighted by Gasteiger charge is -2.37. The summed E-state index contributed by atoms with van der Waals surface area (Å²) < 4.78 is 10.2. The molecule has 0 atom stereocenters. The van der Waals surface area contributed by atoms with Gasteiger partial charge in [-0.25, -0.2) is 4.98 Å². The number of nitrogens with zero attached hydrogens (tertiary/aromatic N) is 2. The Balaban J connectivity index is 1.71. The zero-order valence-electron chi connectivity index (χ0n) is 16.3. The summed E-state index contributed by atoms with van der Waals surface area (Å²) in [5, 5.41) is 17.3. The Morgan fingerprint density at radius 1 is 1.31 bits per heavy atom. The van der Waals surface area contributed by atoms with E-state index in [9.17, 15) is 14.7 Å². The molecule has 1 aromatic heterocycles. The molecule has 3 rings (SSSR count). The molecule has 3 N–H and O–H groups in total. The highest BCUT2D eigenvalue weighted by molar-refractivity contribution is 7.14. The number of amides is 2. The second-order valence-electron chi connectivity index (χ2n) is 6.52. The van der Waals surface area contributed by atoms with Crippen molar-refractivity contribution in [2.75, 3.05) is 50.7 Å². The maximum Gasteiger partial charge on any atom is 0.275 e. The number of methoxy groups -OCH3 is 2. The van der Waals surface area contributed by atoms with Gasteiger partial charge in [0.1, 0.15) is 5.69 Å². The second-order valence-corrected chi connectivity index (χ2v) is 7.36. The van der Waals surface area contributed by atoms with Crippen LogP contribution in [0.2, 0.25) is 0 Å². The zero-order valence-corrected chi connectivity index (χ0v) is 17.1. The molecule has 1 aromatic carbocycles. The summed E-state index contributed by atoms with van der Waals surface area (Å²) in [5.74, 6) is -0.767. The summed E-state index contributed by atoms with van der Waals surface area (Å²) in [7, 11) is 3.22. The van der Waals surface area contributed by atoms with Crippen LogP contribution in [0.3, 0.4) is 0 Å². The van der Waals surface area contributed by atoms with Crippen LogP contribution in [0.5, 0.6) is 0 Å². The van der Waals surface area contributed by atoms with Crippen molar-refractivity contribution < 1.29 is 24.2 Å². The first-order chi connectivity index (χ1) is 14.0. The molecule has 0 bridgehead atoms. The van der Waals surface area contributed by atoms with Gasteiger partial charge < -0.3 is 30.1 Å². The van der Waals surface area contributed by atoms with E-state index in [-0.39, 0.29) is 29.9 Å². The zero-order chi connectivity index (χ0) is 20.8. The normalized spacial score (nSPS) is 13.8. The topological polar surface area (TPSA) is 113 Å². The number of benzene rings is 1. The lowest BCUT2D eigenvalue weighted by Crippen LogP contribution is -2.51. The molecule has 1 aliphatic rings. The number of nitrogens with one attached hydrogen (secondary N) is 2. The largest absolute Gasteiger partial charge is 0.392 e. The molecule has 0 spiro atoms. The number of hydrogen-bond donors (Lipinski definition) is 3. The average molecular weight is 420 g/mol. The highest BCUT2D eigenvalue weighted by atomic mass is 32.1. The van der Waals surface area contributed by atoms with Gasteiger partial charge in [-0.3, -0.25) is 9.59 Å². The Morgan fingerprint density at radius 2 is 2.10 bits per heavy atom. The van der Waals surface area contributed by atoms with E-state index in [4.69, 9.17) is 9.47 Å². The molecule has 9 nitrogen and oxygen atoms in total. The standard InChI is InChI=1S/C19H24N4O5S/c1-27-6-5-20-17(25)14-7-12(10-24)3-4-15(14)21-18(26)16-11-29-19(22-16)23-8-13(9-23)28-2/h3-4,7,11,13,24H,5-6,8-10H2,1-2H3,(H,20,25)(H,21,26). The third kappa shape index (κ3) is 5.10. The van der Waals surface area contributed by atoms with Crippen LogP contribution in [0, 0.1) is 0 Å². The fourth-order valence-corrected chi connectivity index (χ4v) is 3.62. The van der Waals surface area contributed by atoms with Gasteiger partial charge in [0.25, 0.3) is 11.8 Å². The van der Waals surface area contributed by atoms with E-state index < -0.39 is 5.91 Å². The van der Waals surface area contributed by atoms with Gasteiger partial charge in [0, 0.05) is 39.2 Å². The Hall–Kier alpha value is -2.53. The molecule has 0 radical (unpaired) electrons. The van der Waals surface area contributed by atoms with Crippen molar-refractivity contribution in [2.24, 2.45) is 0 Å². The SMILES string of the molecule is COCCNC(=O)c1cc(CO)ccc1NC(=O)c1csc(N2CC(OC)C2)n1. The van der Waals surface area contributed by atoms with Crippen LogP contribution >= 0.6 is 11.3 Å². The first kappa shape index (κ1) is 21.2. The fraction of sp³-hybridized carbons (Fsp3) is 0.421. The predicted molar refractivity (Wildman–Crippen MR) is 110 cm³/mol. The molecule has 1 fully saturated rings. The molecule has 2 heterocycles. The van der Waals surface area contributed by atoms with Gasteiger partial charge in [-0.05, 0) is 17.7 Å². The molecule has 2 amide bonds. The minimum absolute atomic E-state index is 0.195. The van der Waals surface area contributed by atoms with Crippen molar-refractivity contribution in [2.45, 2.75) is 12.7 Å². The maximum atomic E-state index is 12.7. The van der Waals surface area contributed by atoms with Crippen molar-refractivity contribution in [3.05, 3.63) is 40.4 Å². The average Bonchev–Trinajstić information content (AvgIpc) is 3.17.